The molecular formula is C12H16Br2O2. The minimum atomic E-state index is 0.732. The van der Waals surface area contributed by atoms with E-state index in [0.717, 1.165) is 48.2 Å². The zero-order chi connectivity index (χ0) is 11.6. The number of benzene rings is 1. The standard InChI is InChI=1S/C12H16Br2O2/c13-6-2-8-15-11-4-1-5-12(10-11)16-9-3-7-14/h1,4-5,10H,2-3,6-9H2. The Kier molecular flexibility index (Phi) is 7.68. The summed E-state index contributed by atoms with van der Waals surface area (Å²) in [7, 11) is 0. The molecule has 0 unspecified atom stereocenters. The van der Waals surface area contributed by atoms with Crippen LogP contribution in [-0.2, 0) is 0 Å². The molecule has 0 heterocycles. The first-order valence-corrected chi connectivity index (χ1v) is 7.58. The molecule has 0 aliphatic rings. The molecular weight excluding hydrogens is 336 g/mol. The van der Waals surface area contributed by atoms with Crippen molar-refractivity contribution in [1.82, 2.24) is 0 Å². The lowest BCUT2D eigenvalue weighted by Gasteiger charge is -2.08. The Labute approximate surface area is 114 Å². The third kappa shape index (κ3) is 5.75. The molecule has 4 heteroatoms. The lowest BCUT2D eigenvalue weighted by atomic mass is 10.3. The summed E-state index contributed by atoms with van der Waals surface area (Å²) in [6, 6.07) is 7.78. The van der Waals surface area contributed by atoms with Gasteiger partial charge in [0.1, 0.15) is 11.5 Å². The molecule has 0 saturated heterocycles. The quantitative estimate of drug-likeness (QED) is 0.520. The van der Waals surface area contributed by atoms with Gasteiger partial charge in [0.05, 0.1) is 13.2 Å². The maximum absolute atomic E-state index is 5.57. The van der Waals surface area contributed by atoms with Crippen molar-refractivity contribution in [1.29, 1.82) is 0 Å². The van der Waals surface area contributed by atoms with Crippen LogP contribution in [-0.4, -0.2) is 23.9 Å². The van der Waals surface area contributed by atoms with E-state index < -0.39 is 0 Å². The largest absolute Gasteiger partial charge is 0.493 e. The van der Waals surface area contributed by atoms with Crippen molar-refractivity contribution in [2.75, 3.05) is 23.9 Å². The van der Waals surface area contributed by atoms with Crippen LogP contribution in [0.25, 0.3) is 0 Å². The first-order chi connectivity index (χ1) is 7.86. The number of alkyl halides is 2. The van der Waals surface area contributed by atoms with Crippen molar-refractivity contribution in [2.24, 2.45) is 0 Å². The van der Waals surface area contributed by atoms with Crippen molar-refractivity contribution in [3.05, 3.63) is 24.3 Å². The van der Waals surface area contributed by atoms with Gasteiger partial charge >= 0.3 is 0 Å². The van der Waals surface area contributed by atoms with E-state index in [9.17, 15) is 0 Å². The van der Waals surface area contributed by atoms with Gasteiger partial charge < -0.3 is 9.47 Å². The molecule has 0 N–H and O–H groups in total. The van der Waals surface area contributed by atoms with Crippen molar-refractivity contribution in [3.63, 3.8) is 0 Å². The minimum absolute atomic E-state index is 0.732. The number of hydrogen-bond donors (Lipinski definition) is 0. The molecule has 0 aliphatic carbocycles. The summed E-state index contributed by atoms with van der Waals surface area (Å²) < 4.78 is 11.1. The average Bonchev–Trinajstić information content (AvgIpc) is 2.30. The smallest absolute Gasteiger partial charge is 0.122 e. The van der Waals surface area contributed by atoms with Gasteiger partial charge in [-0.2, -0.15) is 0 Å². The van der Waals surface area contributed by atoms with E-state index in [0.29, 0.717) is 0 Å². The second kappa shape index (κ2) is 8.88. The highest BCUT2D eigenvalue weighted by Crippen LogP contribution is 2.19. The lowest BCUT2D eigenvalue weighted by molar-refractivity contribution is 0.303. The van der Waals surface area contributed by atoms with Crippen LogP contribution in [0.15, 0.2) is 24.3 Å². The molecule has 1 aromatic rings. The molecule has 0 aliphatic heterocycles. The molecule has 0 bridgehead atoms. The molecule has 0 saturated carbocycles. The van der Waals surface area contributed by atoms with Gasteiger partial charge in [-0.15, -0.1) is 0 Å². The van der Waals surface area contributed by atoms with Crippen molar-refractivity contribution in [2.45, 2.75) is 12.8 Å². The van der Waals surface area contributed by atoms with Gasteiger partial charge in [-0.05, 0) is 25.0 Å². The van der Waals surface area contributed by atoms with E-state index in [-0.39, 0.29) is 0 Å². The third-order valence-corrected chi connectivity index (χ3v) is 3.02. The fourth-order valence-electron chi connectivity index (χ4n) is 1.14. The molecule has 0 aromatic heterocycles. The van der Waals surface area contributed by atoms with Crippen LogP contribution in [0.1, 0.15) is 12.8 Å². The van der Waals surface area contributed by atoms with Gasteiger partial charge in [0.15, 0.2) is 0 Å². The topological polar surface area (TPSA) is 18.5 Å². The van der Waals surface area contributed by atoms with Gasteiger partial charge in [-0.1, -0.05) is 37.9 Å². The van der Waals surface area contributed by atoms with Crippen LogP contribution in [0.4, 0.5) is 0 Å². The zero-order valence-electron chi connectivity index (χ0n) is 9.12. The molecule has 1 aromatic carbocycles. The Morgan fingerprint density at radius 1 is 0.875 bits per heavy atom. The molecule has 1 rings (SSSR count). The van der Waals surface area contributed by atoms with E-state index in [1.54, 1.807) is 0 Å². The second-order valence-electron chi connectivity index (χ2n) is 3.26. The van der Waals surface area contributed by atoms with Crippen molar-refractivity contribution in [3.8, 4) is 11.5 Å². The Balaban J connectivity index is 2.37. The van der Waals surface area contributed by atoms with Crippen LogP contribution in [0.3, 0.4) is 0 Å². The predicted molar refractivity (Wildman–Crippen MR) is 74.3 cm³/mol. The van der Waals surface area contributed by atoms with Gasteiger partial charge in [0.2, 0.25) is 0 Å². The second-order valence-corrected chi connectivity index (χ2v) is 4.84. The molecule has 90 valence electrons. The molecule has 2 nitrogen and oxygen atoms in total. The Hall–Kier alpha value is -0.220. The number of hydrogen-bond acceptors (Lipinski definition) is 2. The Morgan fingerprint density at radius 3 is 1.81 bits per heavy atom. The summed E-state index contributed by atoms with van der Waals surface area (Å²) in [6.45, 7) is 1.46. The van der Waals surface area contributed by atoms with Crippen LogP contribution >= 0.6 is 31.9 Å². The monoisotopic (exact) mass is 350 g/mol. The predicted octanol–water partition coefficient (Wildman–Crippen LogP) is 4.01. The van der Waals surface area contributed by atoms with Crippen LogP contribution < -0.4 is 9.47 Å². The maximum atomic E-state index is 5.57. The van der Waals surface area contributed by atoms with Crippen molar-refractivity contribution >= 4 is 31.9 Å². The molecule has 0 radical (unpaired) electrons. The number of ether oxygens (including phenoxy) is 2. The van der Waals surface area contributed by atoms with E-state index in [1.165, 1.54) is 0 Å². The highest BCUT2D eigenvalue weighted by molar-refractivity contribution is 9.09. The number of halogens is 2. The maximum Gasteiger partial charge on any atom is 0.122 e. The summed E-state index contributed by atoms with van der Waals surface area (Å²) >= 11 is 6.74. The zero-order valence-corrected chi connectivity index (χ0v) is 12.3. The highest BCUT2D eigenvalue weighted by Gasteiger charge is 1.97. The summed E-state index contributed by atoms with van der Waals surface area (Å²) in [6.07, 6.45) is 2.02. The van der Waals surface area contributed by atoms with Crippen LogP contribution in [0.5, 0.6) is 11.5 Å². The van der Waals surface area contributed by atoms with E-state index >= 15 is 0 Å². The van der Waals surface area contributed by atoms with Gasteiger partial charge in [-0.25, -0.2) is 0 Å². The normalized spacial score (nSPS) is 10.1. The summed E-state index contributed by atoms with van der Waals surface area (Å²) in [5, 5.41) is 1.93. The van der Waals surface area contributed by atoms with E-state index in [1.807, 2.05) is 24.3 Å². The minimum Gasteiger partial charge on any atom is -0.493 e. The molecule has 0 spiro atoms. The summed E-state index contributed by atoms with van der Waals surface area (Å²) in [4.78, 5) is 0. The Morgan fingerprint density at radius 2 is 1.38 bits per heavy atom. The molecule has 16 heavy (non-hydrogen) atoms. The summed E-state index contributed by atoms with van der Waals surface area (Å²) in [5.74, 6) is 1.74. The molecule has 0 atom stereocenters. The van der Waals surface area contributed by atoms with Crippen LogP contribution in [0.2, 0.25) is 0 Å². The average molecular weight is 352 g/mol. The van der Waals surface area contributed by atoms with Gasteiger partial charge in [0.25, 0.3) is 0 Å². The van der Waals surface area contributed by atoms with Crippen LogP contribution in [0, 0.1) is 0 Å². The van der Waals surface area contributed by atoms with E-state index in [4.69, 9.17) is 9.47 Å². The first-order valence-electron chi connectivity index (χ1n) is 5.34. The third-order valence-electron chi connectivity index (χ3n) is 1.90. The summed E-state index contributed by atoms with van der Waals surface area (Å²) in [5.41, 5.74) is 0. The molecule has 0 fully saturated rings. The fraction of sp³-hybridized carbons (Fsp3) is 0.500. The lowest BCUT2D eigenvalue weighted by Crippen LogP contribution is -2.00. The highest BCUT2D eigenvalue weighted by atomic mass is 79.9. The first kappa shape index (κ1) is 13.8. The van der Waals surface area contributed by atoms with Gasteiger partial charge in [-0.3, -0.25) is 0 Å². The SMILES string of the molecule is BrCCCOc1cccc(OCCCBr)c1. The van der Waals surface area contributed by atoms with Crippen molar-refractivity contribution < 1.29 is 9.47 Å². The van der Waals surface area contributed by atoms with Gasteiger partial charge in [0, 0.05) is 16.7 Å². The molecule has 0 amide bonds. The fourth-order valence-corrected chi connectivity index (χ4v) is 1.60. The van der Waals surface area contributed by atoms with E-state index in [2.05, 4.69) is 31.9 Å². The number of rotatable bonds is 8. The Bertz CT molecular complexity index is 267.